The fourth-order valence-electron chi connectivity index (χ4n) is 5.53. The number of aromatic amines is 1. The van der Waals surface area contributed by atoms with Gasteiger partial charge in [-0.15, -0.1) is 0 Å². The maximum absolute atomic E-state index is 14.2. The van der Waals surface area contributed by atoms with Gasteiger partial charge in [0.15, 0.2) is 0 Å². The number of hydrogen-bond acceptors (Lipinski definition) is 8. The molecule has 12 heteroatoms. The summed E-state index contributed by atoms with van der Waals surface area (Å²) < 4.78 is 10.8. The first-order valence-electron chi connectivity index (χ1n) is 16.8. The number of benzene rings is 3. The topological polar surface area (TPSA) is 158 Å². The minimum absolute atomic E-state index is 0.202. The number of para-hydroxylation sites is 2. The molecular formula is C38H50N6O6. The third-order valence-electron chi connectivity index (χ3n) is 8.15. The number of rotatable bonds is 15. The predicted molar refractivity (Wildman–Crippen MR) is 192 cm³/mol. The lowest BCUT2D eigenvalue weighted by Gasteiger charge is -2.33. The van der Waals surface area contributed by atoms with Crippen molar-refractivity contribution in [1.29, 1.82) is 0 Å². The number of carbonyl (C=O) groups excluding carboxylic acids is 3. The first-order valence-corrected chi connectivity index (χ1v) is 16.8. The van der Waals surface area contributed by atoms with Crippen LogP contribution < -0.4 is 20.7 Å². The highest BCUT2D eigenvalue weighted by molar-refractivity contribution is 5.90. The second-order valence-electron chi connectivity index (χ2n) is 13.8. The minimum atomic E-state index is -1.43. The first kappa shape index (κ1) is 37.9. The molecule has 0 fully saturated rings. The van der Waals surface area contributed by atoms with Crippen LogP contribution in [0.25, 0.3) is 11.0 Å². The molecule has 12 nitrogen and oxygen atoms in total. The van der Waals surface area contributed by atoms with Gasteiger partial charge in [0.1, 0.15) is 29.3 Å². The van der Waals surface area contributed by atoms with Crippen molar-refractivity contribution in [2.24, 2.45) is 5.92 Å². The summed E-state index contributed by atoms with van der Waals surface area (Å²) >= 11 is 0. The predicted octanol–water partition coefficient (Wildman–Crippen LogP) is 4.33. The van der Waals surface area contributed by atoms with Crippen LogP contribution in [0.4, 0.5) is 4.79 Å². The lowest BCUT2D eigenvalue weighted by atomic mass is 9.94. The fraction of sp³-hybridized carbons (Fsp3) is 0.421. The van der Waals surface area contributed by atoms with Gasteiger partial charge in [-0.1, -0.05) is 68.4 Å². The van der Waals surface area contributed by atoms with E-state index in [1.165, 1.54) is 4.90 Å². The lowest BCUT2D eigenvalue weighted by molar-refractivity contribution is -0.138. The summed E-state index contributed by atoms with van der Waals surface area (Å²) in [6.45, 7) is 9.33. The molecule has 0 radical (unpaired) electrons. The molecule has 0 aliphatic rings. The largest absolute Gasteiger partial charge is 0.497 e. The lowest BCUT2D eigenvalue weighted by Crippen LogP contribution is -2.62. The Balaban J connectivity index is 1.59. The fourth-order valence-corrected chi connectivity index (χ4v) is 5.53. The number of imidazole rings is 1. The van der Waals surface area contributed by atoms with Crippen LogP contribution in [-0.4, -0.2) is 81.9 Å². The maximum Gasteiger partial charge on any atom is 0.407 e. The summed E-state index contributed by atoms with van der Waals surface area (Å²) in [5.74, 6) is 0.0908. The molecule has 0 aliphatic heterocycles. The number of fused-ring (bicyclic) bond motifs is 1. The van der Waals surface area contributed by atoms with E-state index in [0.717, 1.165) is 22.2 Å². The Labute approximate surface area is 294 Å². The quantitative estimate of drug-likeness (QED) is 0.124. The highest BCUT2D eigenvalue weighted by Crippen LogP contribution is 2.17. The third kappa shape index (κ3) is 10.8. The smallest absolute Gasteiger partial charge is 0.407 e. The number of nitrogens with zero attached hydrogens (tertiary/aromatic N) is 2. The molecule has 0 aliphatic carbocycles. The minimum Gasteiger partial charge on any atom is -0.497 e. The van der Waals surface area contributed by atoms with Gasteiger partial charge < -0.3 is 35.1 Å². The summed E-state index contributed by atoms with van der Waals surface area (Å²) in [6, 6.07) is 21.2. The first-order chi connectivity index (χ1) is 23.7. The number of likely N-dealkylation sites (N-methyl/N-ethyl adjacent to an activating group) is 1. The van der Waals surface area contributed by atoms with E-state index in [9.17, 15) is 19.5 Å². The Morgan fingerprint density at radius 1 is 0.900 bits per heavy atom. The molecule has 4 rings (SSSR count). The molecule has 0 saturated heterocycles. The molecule has 3 aromatic carbocycles. The highest BCUT2D eigenvalue weighted by atomic mass is 16.6. The Morgan fingerprint density at radius 2 is 1.56 bits per heavy atom. The van der Waals surface area contributed by atoms with Gasteiger partial charge in [0.25, 0.3) is 0 Å². The zero-order valence-corrected chi connectivity index (χ0v) is 29.9. The van der Waals surface area contributed by atoms with Gasteiger partial charge in [-0.2, -0.15) is 0 Å². The summed E-state index contributed by atoms with van der Waals surface area (Å²) in [5, 5.41) is 20.8. The Hall–Kier alpha value is -4.94. The van der Waals surface area contributed by atoms with Crippen molar-refractivity contribution in [1.82, 2.24) is 30.8 Å². The Bertz CT molecular complexity index is 1670. The molecule has 0 unspecified atom stereocenters. The molecular weight excluding hydrogens is 636 g/mol. The maximum atomic E-state index is 14.2. The number of carbonyl (C=O) groups is 3. The number of aliphatic hydroxyl groups is 1. The molecule has 268 valence electrons. The summed E-state index contributed by atoms with van der Waals surface area (Å²) in [7, 11) is 3.24. The van der Waals surface area contributed by atoms with E-state index in [1.54, 1.807) is 47.1 Å². The molecule has 0 spiro atoms. The van der Waals surface area contributed by atoms with Crippen molar-refractivity contribution in [2.45, 2.75) is 84.0 Å². The standard InChI is InChI=1S/C38H50N6O6/c1-24(2)32(36(47)44(6)23-31-40-28-15-11-12-16-29(28)41-31)43-35(46)33(39-22-26-17-19-27(49-7)20-18-26)34(45)30(21-25-13-9-8-10-14-25)42-37(48)50-38(3,4)5/h8-20,24,30,32-34,39,45H,21-23H2,1-7H3,(H,40,41)(H,42,48)(H,43,46)/t30-,32-,33+,34+/m0/s1. The molecule has 1 heterocycles. The normalized spacial score (nSPS) is 14.0. The molecule has 1 aromatic heterocycles. The molecule has 4 atom stereocenters. The van der Waals surface area contributed by atoms with Crippen LogP contribution in [0.15, 0.2) is 78.9 Å². The van der Waals surface area contributed by atoms with E-state index < -0.39 is 41.8 Å². The van der Waals surface area contributed by atoms with Gasteiger partial charge in [0.2, 0.25) is 11.8 Å². The molecule has 0 saturated carbocycles. The second kappa shape index (κ2) is 17.1. The van der Waals surface area contributed by atoms with E-state index in [-0.39, 0.29) is 31.3 Å². The van der Waals surface area contributed by atoms with E-state index in [2.05, 4.69) is 25.9 Å². The second-order valence-corrected chi connectivity index (χ2v) is 13.8. The zero-order valence-electron chi connectivity index (χ0n) is 29.9. The van der Waals surface area contributed by atoms with Crippen molar-refractivity contribution in [3.05, 3.63) is 95.8 Å². The van der Waals surface area contributed by atoms with Gasteiger partial charge >= 0.3 is 6.09 Å². The molecule has 3 amide bonds. The molecule has 4 aromatic rings. The molecule has 50 heavy (non-hydrogen) atoms. The zero-order chi connectivity index (χ0) is 36.4. The van der Waals surface area contributed by atoms with E-state index >= 15 is 0 Å². The van der Waals surface area contributed by atoms with Crippen molar-refractivity contribution in [3.63, 3.8) is 0 Å². The Kier molecular flexibility index (Phi) is 13.0. The number of ether oxygens (including phenoxy) is 2. The van der Waals surface area contributed by atoms with Gasteiger partial charge in [0, 0.05) is 13.6 Å². The average molecular weight is 687 g/mol. The summed E-state index contributed by atoms with van der Waals surface area (Å²) in [5.41, 5.74) is 2.54. The van der Waals surface area contributed by atoms with Crippen LogP contribution in [0.3, 0.4) is 0 Å². The van der Waals surface area contributed by atoms with Crippen LogP contribution in [0.2, 0.25) is 0 Å². The summed E-state index contributed by atoms with van der Waals surface area (Å²) in [6.07, 6.45) is -1.95. The van der Waals surface area contributed by atoms with Gasteiger partial charge in [0.05, 0.1) is 36.8 Å². The van der Waals surface area contributed by atoms with E-state index in [0.29, 0.717) is 11.6 Å². The van der Waals surface area contributed by atoms with Crippen molar-refractivity contribution < 1.29 is 29.0 Å². The SMILES string of the molecule is COc1ccc(CN[C@@H](C(=O)N[C@H](C(=O)N(C)Cc2nc3ccccc3[nH]2)C(C)C)[C@H](O)[C@H](Cc2ccccc2)NC(=O)OC(C)(C)C)cc1. The van der Waals surface area contributed by atoms with Crippen LogP contribution in [0.1, 0.15) is 51.6 Å². The van der Waals surface area contributed by atoms with Crippen molar-refractivity contribution in [2.75, 3.05) is 14.2 Å². The highest BCUT2D eigenvalue weighted by Gasteiger charge is 2.37. The van der Waals surface area contributed by atoms with E-state index in [1.807, 2.05) is 80.6 Å². The van der Waals surface area contributed by atoms with Gasteiger partial charge in [-0.05, 0) is 68.5 Å². The van der Waals surface area contributed by atoms with E-state index in [4.69, 9.17) is 9.47 Å². The van der Waals surface area contributed by atoms with Crippen molar-refractivity contribution >= 4 is 28.9 Å². The number of alkyl carbamates (subject to hydrolysis) is 1. The molecule has 5 N–H and O–H groups in total. The molecule has 0 bridgehead atoms. The number of nitrogens with one attached hydrogen (secondary N) is 4. The third-order valence-corrected chi connectivity index (χ3v) is 8.15. The number of H-pyrrole nitrogens is 1. The van der Waals surface area contributed by atoms with Crippen LogP contribution in [0.5, 0.6) is 5.75 Å². The number of amides is 3. The average Bonchev–Trinajstić information content (AvgIpc) is 3.48. The number of methoxy groups -OCH3 is 1. The number of hydrogen-bond donors (Lipinski definition) is 5. The number of aliphatic hydroxyl groups excluding tert-OH is 1. The van der Waals surface area contributed by atoms with Crippen LogP contribution in [-0.2, 0) is 33.8 Å². The Morgan fingerprint density at radius 3 is 2.18 bits per heavy atom. The van der Waals surface area contributed by atoms with Crippen LogP contribution in [0, 0.1) is 5.92 Å². The number of aromatic nitrogens is 2. The summed E-state index contributed by atoms with van der Waals surface area (Å²) in [4.78, 5) is 50.4. The monoisotopic (exact) mass is 686 g/mol. The van der Waals surface area contributed by atoms with Crippen molar-refractivity contribution in [3.8, 4) is 5.75 Å². The van der Waals surface area contributed by atoms with Gasteiger partial charge in [-0.3, -0.25) is 14.9 Å². The van der Waals surface area contributed by atoms with Gasteiger partial charge in [-0.25, -0.2) is 9.78 Å². The van der Waals surface area contributed by atoms with Crippen LogP contribution >= 0.6 is 0 Å².